The van der Waals surface area contributed by atoms with Gasteiger partial charge in [0.2, 0.25) is 0 Å². The van der Waals surface area contributed by atoms with E-state index in [1.165, 1.54) is 5.56 Å². The molecule has 0 spiro atoms. The molecule has 0 saturated heterocycles. The molecule has 0 nitrogen and oxygen atoms in total. The summed E-state index contributed by atoms with van der Waals surface area (Å²) in [5, 5.41) is 0. The molecule has 0 unspecified atom stereocenters. The molecule has 1 aromatic rings. The third-order valence-corrected chi connectivity index (χ3v) is 5.15. The Balaban J connectivity index is 2.75. The maximum Gasteiger partial charge on any atom is 0.150 e. The Morgan fingerprint density at radius 2 is 1.69 bits per heavy atom. The van der Waals surface area contributed by atoms with Crippen molar-refractivity contribution in [1.82, 2.24) is 0 Å². The first-order chi connectivity index (χ1) is 7.46. The third-order valence-electron chi connectivity index (χ3n) is 2.57. The van der Waals surface area contributed by atoms with E-state index >= 15 is 0 Å². The van der Waals surface area contributed by atoms with Gasteiger partial charge in [-0.1, -0.05) is 31.3 Å². The van der Waals surface area contributed by atoms with Gasteiger partial charge in [-0.05, 0) is 29.2 Å². The molecular weight excluding hydrogens is 279 g/mol. The lowest BCUT2D eigenvalue weighted by Crippen LogP contribution is -2.16. The average Bonchev–Trinajstić information content (AvgIpc) is 2.25. The molecule has 0 saturated carbocycles. The van der Waals surface area contributed by atoms with Crippen LogP contribution in [0.4, 0.5) is 0 Å². The Labute approximate surface area is 114 Å². The van der Waals surface area contributed by atoms with Gasteiger partial charge in [0.15, 0.2) is 7.38 Å². The fraction of sp³-hybridized carbons (Fsp3) is 0.500. The van der Waals surface area contributed by atoms with E-state index in [2.05, 4.69) is 31.3 Å². The molecule has 0 atom stereocenters. The molecule has 4 heteroatoms. The van der Waals surface area contributed by atoms with Gasteiger partial charge in [-0.2, -0.15) is 11.1 Å². The minimum absolute atomic E-state index is 0.525. The molecule has 16 heavy (non-hydrogen) atoms. The molecule has 1 aromatic carbocycles. The smallest absolute Gasteiger partial charge is 0.150 e. The van der Waals surface area contributed by atoms with Gasteiger partial charge in [0, 0.05) is 11.8 Å². The quantitative estimate of drug-likeness (QED) is 0.400. The molecule has 0 aliphatic rings. The van der Waals surface area contributed by atoms with Gasteiger partial charge in [-0.3, -0.25) is 0 Å². The van der Waals surface area contributed by atoms with Crippen molar-refractivity contribution in [1.29, 1.82) is 0 Å². The molecule has 0 heterocycles. The van der Waals surface area contributed by atoms with Gasteiger partial charge in [-0.15, -0.1) is 23.2 Å². The van der Waals surface area contributed by atoms with E-state index in [0.717, 1.165) is 23.6 Å². The molecule has 0 aliphatic heterocycles. The number of hydrogen-bond acceptors (Lipinski definition) is 0. The second-order valence-electron chi connectivity index (χ2n) is 4.59. The van der Waals surface area contributed by atoms with Crippen molar-refractivity contribution >= 4 is 41.7 Å². The Morgan fingerprint density at radius 1 is 1.06 bits per heavy atom. The molecular formula is C12H17Cl3Si. The summed E-state index contributed by atoms with van der Waals surface area (Å²) in [5.74, 6) is 1.05. The first-order valence-electron chi connectivity index (χ1n) is 5.38. The highest BCUT2D eigenvalue weighted by Gasteiger charge is 2.16. The van der Waals surface area contributed by atoms with Crippen molar-refractivity contribution in [2.45, 2.75) is 37.3 Å². The highest BCUT2D eigenvalue weighted by Crippen LogP contribution is 2.21. The molecule has 0 fully saturated rings. The lowest BCUT2D eigenvalue weighted by atomic mass is 10.0. The van der Waals surface area contributed by atoms with Crippen LogP contribution >= 0.6 is 34.3 Å². The normalized spacial score (nSPS) is 11.8. The van der Waals surface area contributed by atoms with Gasteiger partial charge < -0.3 is 0 Å². The highest BCUT2D eigenvalue weighted by molar-refractivity contribution is 7.19. The fourth-order valence-electron chi connectivity index (χ4n) is 1.53. The highest BCUT2D eigenvalue weighted by atomic mass is 35.6. The van der Waals surface area contributed by atoms with Crippen LogP contribution in [0.3, 0.4) is 0 Å². The van der Waals surface area contributed by atoms with Crippen LogP contribution in [0.1, 0.15) is 16.7 Å². The van der Waals surface area contributed by atoms with Crippen LogP contribution in [0, 0.1) is 0 Å². The molecule has 0 bridgehead atoms. The van der Waals surface area contributed by atoms with Crippen molar-refractivity contribution in [3.8, 4) is 0 Å². The Morgan fingerprint density at radius 3 is 2.19 bits per heavy atom. The molecule has 1 rings (SSSR count). The van der Waals surface area contributed by atoms with Crippen molar-refractivity contribution in [2.24, 2.45) is 0 Å². The van der Waals surface area contributed by atoms with Crippen LogP contribution in [0.5, 0.6) is 0 Å². The van der Waals surface area contributed by atoms with Gasteiger partial charge in [0.05, 0.1) is 0 Å². The summed E-state index contributed by atoms with van der Waals surface area (Å²) in [5.41, 5.74) is 3.58. The van der Waals surface area contributed by atoms with E-state index < -0.39 is 7.38 Å². The minimum Gasteiger partial charge on any atom is -0.168 e. The summed E-state index contributed by atoms with van der Waals surface area (Å²) in [6.07, 6.45) is 1.04. The van der Waals surface area contributed by atoms with Crippen LogP contribution in [-0.4, -0.2) is 7.38 Å². The van der Waals surface area contributed by atoms with Crippen LogP contribution in [0.15, 0.2) is 18.2 Å². The maximum atomic E-state index is 6.31. The topological polar surface area (TPSA) is 0 Å². The largest absolute Gasteiger partial charge is 0.168 e. The van der Waals surface area contributed by atoms with E-state index in [0.29, 0.717) is 11.8 Å². The van der Waals surface area contributed by atoms with Crippen molar-refractivity contribution < 1.29 is 0 Å². The summed E-state index contributed by atoms with van der Waals surface area (Å²) in [7, 11) is -1.48. The monoisotopic (exact) mass is 294 g/mol. The first-order valence-corrected chi connectivity index (χ1v) is 10.7. The number of alkyl halides is 2. The summed E-state index contributed by atoms with van der Waals surface area (Å²) in [4.78, 5) is 0. The van der Waals surface area contributed by atoms with Gasteiger partial charge in [0.1, 0.15) is 0 Å². The molecule has 90 valence electrons. The molecule has 0 radical (unpaired) electrons. The lowest BCUT2D eigenvalue weighted by molar-refractivity contribution is 1.09. The predicted octanol–water partition coefficient (Wildman–Crippen LogP) is 5.15. The number of rotatable bonds is 5. The Kier molecular flexibility index (Phi) is 5.65. The average molecular weight is 296 g/mol. The van der Waals surface area contributed by atoms with E-state index in [-0.39, 0.29) is 0 Å². The summed E-state index contributed by atoms with van der Waals surface area (Å²) in [6.45, 7) is 4.34. The number of halogens is 3. The van der Waals surface area contributed by atoms with Crippen LogP contribution in [0.25, 0.3) is 0 Å². The van der Waals surface area contributed by atoms with Crippen molar-refractivity contribution in [3.63, 3.8) is 0 Å². The third kappa shape index (κ3) is 4.66. The molecule has 0 aliphatic carbocycles. The first kappa shape index (κ1) is 14.4. The molecule has 0 aromatic heterocycles. The molecule has 0 N–H and O–H groups in total. The zero-order valence-corrected chi connectivity index (χ0v) is 13.0. The zero-order chi connectivity index (χ0) is 12.2. The van der Waals surface area contributed by atoms with E-state index in [1.807, 2.05) is 0 Å². The second-order valence-corrected chi connectivity index (χ2v) is 12.1. The Bertz CT molecular complexity index is 345. The van der Waals surface area contributed by atoms with Crippen LogP contribution in [-0.2, 0) is 18.2 Å². The lowest BCUT2D eigenvalue weighted by Gasteiger charge is -2.13. The van der Waals surface area contributed by atoms with E-state index in [9.17, 15) is 0 Å². The summed E-state index contributed by atoms with van der Waals surface area (Å²) >= 11 is 18.0. The Hall–Kier alpha value is 0.307. The fourth-order valence-corrected chi connectivity index (χ4v) is 3.21. The van der Waals surface area contributed by atoms with Crippen molar-refractivity contribution in [2.75, 3.05) is 0 Å². The standard InChI is InChI=1S/C12H17Cl3Si/c1-16(2,15)6-5-10-3-4-11(8-13)12(7-10)9-14/h3-4,7H,5-6,8-9H2,1-2H3. The van der Waals surface area contributed by atoms with Crippen LogP contribution in [0.2, 0.25) is 19.1 Å². The summed E-state index contributed by atoms with van der Waals surface area (Å²) in [6, 6.07) is 7.45. The number of aryl methyl sites for hydroxylation is 1. The van der Waals surface area contributed by atoms with E-state index in [4.69, 9.17) is 34.3 Å². The van der Waals surface area contributed by atoms with Gasteiger partial charge in [-0.25, -0.2) is 0 Å². The number of hydrogen-bond donors (Lipinski definition) is 0. The van der Waals surface area contributed by atoms with Gasteiger partial charge >= 0.3 is 0 Å². The second kappa shape index (κ2) is 6.30. The summed E-state index contributed by atoms with van der Waals surface area (Å²) < 4.78 is 0. The maximum absolute atomic E-state index is 6.31. The SMILES string of the molecule is C[Si](C)(Cl)CCc1ccc(CCl)c(CCl)c1. The molecule has 0 amide bonds. The van der Waals surface area contributed by atoms with E-state index in [1.54, 1.807) is 0 Å². The van der Waals surface area contributed by atoms with Crippen LogP contribution < -0.4 is 0 Å². The zero-order valence-electron chi connectivity index (χ0n) is 9.69. The minimum atomic E-state index is -1.48. The predicted molar refractivity (Wildman–Crippen MR) is 77.4 cm³/mol. The van der Waals surface area contributed by atoms with Gasteiger partial charge in [0.25, 0.3) is 0 Å². The number of benzene rings is 1. The van der Waals surface area contributed by atoms with Crippen molar-refractivity contribution in [3.05, 3.63) is 34.9 Å².